The first-order valence-corrected chi connectivity index (χ1v) is 17.8. The molecule has 0 saturated carbocycles. The SMILES string of the molecule is CCOCCn1c(N2CCCN(CCC3(c4ccccc4)CCN(C(=O)c4cc(SC)ccc4OC)C3)CC2)nc2ccccc21. The van der Waals surface area contributed by atoms with Gasteiger partial charge in [-0.25, -0.2) is 4.98 Å². The number of hydrogen-bond acceptors (Lipinski definition) is 7. The largest absolute Gasteiger partial charge is 0.496 e. The summed E-state index contributed by atoms with van der Waals surface area (Å²) in [4.78, 5) is 27.2. The lowest BCUT2D eigenvalue weighted by molar-refractivity contribution is 0.0777. The Bertz CT molecular complexity index is 1610. The van der Waals surface area contributed by atoms with Crippen LogP contribution in [0, 0.1) is 0 Å². The minimum atomic E-state index is -0.0828. The smallest absolute Gasteiger partial charge is 0.257 e. The van der Waals surface area contributed by atoms with Crippen LogP contribution in [0.5, 0.6) is 5.75 Å². The van der Waals surface area contributed by atoms with Gasteiger partial charge in [0, 0.05) is 56.2 Å². The average molecular weight is 642 g/mol. The number of carbonyl (C=O) groups is 1. The van der Waals surface area contributed by atoms with Gasteiger partial charge in [-0.05, 0) is 81.4 Å². The molecule has 6 rings (SSSR count). The van der Waals surface area contributed by atoms with Crippen molar-refractivity contribution in [1.29, 1.82) is 0 Å². The second-order valence-corrected chi connectivity index (χ2v) is 13.3. The van der Waals surface area contributed by atoms with Gasteiger partial charge in [0.1, 0.15) is 5.75 Å². The molecule has 3 aromatic carbocycles. The van der Waals surface area contributed by atoms with Crippen molar-refractivity contribution in [3.8, 4) is 5.75 Å². The van der Waals surface area contributed by atoms with Gasteiger partial charge in [0.05, 0.1) is 30.3 Å². The van der Waals surface area contributed by atoms with Crippen molar-refractivity contribution in [2.75, 3.05) is 77.3 Å². The van der Waals surface area contributed by atoms with E-state index in [1.807, 2.05) is 36.3 Å². The molecule has 2 aliphatic rings. The molecule has 46 heavy (non-hydrogen) atoms. The zero-order valence-electron chi connectivity index (χ0n) is 27.5. The van der Waals surface area contributed by atoms with Gasteiger partial charge < -0.3 is 28.7 Å². The second kappa shape index (κ2) is 14.9. The Morgan fingerprint density at radius 2 is 1.78 bits per heavy atom. The van der Waals surface area contributed by atoms with Gasteiger partial charge in [0.25, 0.3) is 5.91 Å². The number of methoxy groups -OCH3 is 1. The summed E-state index contributed by atoms with van der Waals surface area (Å²) in [5.74, 6) is 1.75. The fourth-order valence-corrected chi connectivity index (χ4v) is 7.60. The molecule has 0 radical (unpaired) electrons. The van der Waals surface area contributed by atoms with Crippen LogP contribution in [0.2, 0.25) is 0 Å². The Morgan fingerprint density at radius 3 is 2.59 bits per heavy atom. The first kappa shape index (κ1) is 32.4. The number of para-hydroxylation sites is 2. The molecular formula is C37H47N5O3S. The minimum Gasteiger partial charge on any atom is -0.496 e. The van der Waals surface area contributed by atoms with E-state index in [9.17, 15) is 4.79 Å². The quantitative estimate of drug-likeness (QED) is 0.135. The normalized spacial score (nSPS) is 19.1. The summed E-state index contributed by atoms with van der Waals surface area (Å²) in [5.41, 5.74) is 4.10. The molecule has 1 amide bonds. The molecule has 3 heterocycles. The van der Waals surface area contributed by atoms with Crippen LogP contribution >= 0.6 is 11.8 Å². The summed E-state index contributed by atoms with van der Waals surface area (Å²) >= 11 is 1.64. The van der Waals surface area contributed by atoms with Crippen molar-refractivity contribution in [3.05, 3.63) is 83.9 Å². The number of rotatable bonds is 12. The number of hydrogen-bond donors (Lipinski definition) is 0. The predicted molar refractivity (Wildman–Crippen MR) is 188 cm³/mol. The average Bonchev–Trinajstić information content (AvgIpc) is 3.62. The third-order valence-corrected chi connectivity index (χ3v) is 10.5. The molecule has 8 nitrogen and oxygen atoms in total. The summed E-state index contributed by atoms with van der Waals surface area (Å²) in [6.45, 7) is 10.7. The Kier molecular flexibility index (Phi) is 10.5. The summed E-state index contributed by atoms with van der Waals surface area (Å²) in [5, 5.41) is 0. The molecule has 4 aromatic rings. The maximum Gasteiger partial charge on any atom is 0.257 e. The fourth-order valence-electron chi connectivity index (χ4n) is 7.16. The van der Waals surface area contributed by atoms with Crippen LogP contribution in [0.4, 0.5) is 5.95 Å². The Hall–Kier alpha value is -3.53. The van der Waals surface area contributed by atoms with Crippen LogP contribution in [0.3, 0.4) is 0 Å². The third-order valence-electron chi connectivity index (χ3n) is 9.74. The number of fused-ring (bicyclic) bond motifs is 1. The lowest BCUT2D eigenvalue weighted by Crippen LogP contribution is -2.39. The van der Waals surface area contributed by atoms with E-state index in [1.54, 1.807) is 18.9 Å². The highest BCUT2D eigenvalue weighted by Gasteiger charge is 2.42. The number of likely N-dealkylation sites (tertiary alicyclic amines) is 1. The number of anilines is 1. The van der Waals surface area contributed by atoms with Crippen LogP contribution < -0.4 is 9.64 Å². The van der Waals surface area contributed by atoms with Crippen molar-refractivity contribution in [3.63, 3.8) is 0 Å². The molecular weight excluding hydrogens is 595 g/mol. The van der Waals surface area contributed by atoms with Crippen molar-refractivity contribution in [2.24, 2.45) is 0 Å². The topological polar surface area (TPSA) is 63.1 Å². The van der Waals surface area contributed by atoms with E-state index in [1.165, 1.54) is 11.1 Å². The van der Waals surface area contributed by atoms with E-state index in [0.29, 0.717) is 24.5 Å². The highest BCUT2D eigenvalue weighted by Crippen LogP contribution is 2.39. The maximum absolute atomic E-state index is 13.9. The first-order valence-electron chi connectivity index (χ1n) is 16.6. The number of ether oxygens (including phenoxy) is 2. The molecule has 1 atom stereocenters. The molecule has 9 heteroatoms. The van der Waals surface area contributed by atoms with Crippen LogP contribution in [0.25, 0.3) is 11.0 Å². The van der Waals surface area contributed by atoms with Crippen LogP contribution in [-0.4, -0.2) is 97.7 Å². The first-order chi connectivity index (χ1) is 22.5. The van der Waals surface area contributed by atoms with E-state index in [0.717, 1.165) is 88.0 Å². The molecule has 0 bridgehead atoms. The number of amides is 1. The molecule has 244 valence electrons. The van der Waals surface area contributed by atoms with Crippen LogP contribution in [-0.2, 0) is 16.7 Å². The molecule has 0 N–H and O–H groups in total. The predicted octanol–water partition coefficient (Wildman–Crippen LogP) is 6.19. The number of imidazole rings is 1. The van der Waals surface area contributed by atoms with E-state index in [2.05, 4.69) is 69.0 Å². The lowest BCUT2D eigenvalue weighted by Gasteiger charge is -2.33. The Balaban J connectivity index is 1.16. The molecule has 2 fully saturated rings. The fraction of sp³-hybridized carbons (Fsp3) is 0.459. The van der Waals surface area contributed by atoms with E-state index in [4.69, 9.17) is 14.5 Å². The van der Waals surface area contributed by atoms with Crippen molar-refractivity contribution in [2.45, 2.75) is 43.0 Å². The van der Waals surface area contributed by atoms with Crippen LogP contribution in [0.1, 0.15) is 42.1 Å². The van der Waals surface area contributed by atoms with Crippen molar-refractivity contribution in [1.82, 2.24) is 19.4 Å². The zero-order chi connectivity index (χ0) is 31.9. The summed E-state index contributed by atoms with van der Waals surface area (Å²) in [6, 6.07) is 25.2. The number of nitrogens with zero attached hydrogens (tertiary/aromatic N) is 5. The Labute approximate surface area is 277 Å². The number of benzene rings is 3. The standard InChI is InChI=1S/C37H47N5O3S/c1-4-45-26-25-42-33-14-9-8-13-32(33)38-36(42)40-20-10-19-39(23-24-40)21-17-37(29-11-6-5-7-12-29)18-22-41(28-37)35(43)31-27-30(46-3)15-16-34(31)44-2/h5-9,11-16,27H,4,10,17-26,28H2,1-3H3. The van der Waals surface area contributed by atoms with Gasteiger partial charge in [0.15, 0.2) is 0 Å². The van der Waals surface area contributed by atoms with Crippen molar-refractivity contribution >= 4 is 34.7 Å². The van der Waals surface area contributed by atoms with Gasteiger partial charge in [-0.3, -0.25) is 4.79 Å². The van der Waals surface area contributed by atoms with E-state index in [-0.39, 0.29) is 11.3 Å². The Morgan fingerprint density at radius 1 is 0.957 bits per heavy atom. The highest BCUT2D eigenvalue weighted by molar-refractivity contribution is 7.98. The lowest BCUT2D eigenvalue weighted by atomic mass is 9.76. The number of aromatic nitrogens is 2. The zero-order valence-corrected chi connectivity index (χ0v) is 28.3. The monoisotopic (exact) mass is 641 g/mol. The summed E-state index contributed by atoms with van der Waals surface area (Å²) in [6.07, 6.45) is 5.09. The van der Waals surface area contributed by atoms with Gasteiger partial charge in [-0.15, -0.1) is 11.8 Å². The second-order valence-electron chi connectivity index (χ2n) is 12.4. The van der Waals surface area contributed by atoms with Gasteiger partial charge >= 0.3 is 0 Å². The third kappa shape index (κ3) is 6.92. The molecule has 1 aromatic heterocycles. The molecule has 2 saturated heterocycles. The van der Waals surface area contributed by atoms with Gasteiger partial charge in [0.2, 0.25) is 5.95 Å². The minimum absolute atomic E-state index is 0.0585. The van der Waals surface area contributed by atoms with Crippen molar-refractivity contribution < 1.29 is 14.3 Å². The van der Waals surface area contributed by atoms with Crippen LogP contribution in [0.15, 0.2) is 77.7 Å². The number of thioether (sulfide) groups is 1. The van der Waals surface area contributed by atoms with E-state index < -0.39 is 0 Å². The number of carbonyl (C=O) groups excluding carboxylic acids is 1. The van der Waals surface area contributed by atoms with Gasteiger partial charge in [-0.1, -0.05) is 42.5 Å². The molecule has 0 aliphatic carbocycles. The highest BCUT2D eigenvalue weighted by atomic mass is 32.2. The molecule has 2 aliphatic heterocycles. The summed E-state index contributed by atoms with van der Waals surface area (Å²) < 4.78 is 13.7. The molecule has 1 unspecified atom stereocenters. The van der Waals surface area contributed by atoms with E-state index >= 15 is 0 Å². The van der Waals surface area contributed by atoms with Gasteiger partial charge in [-0.2, -0.15) is 0 Å². The summed E-state index contributed by atoms with van der Waals surface area (Å²) in [7, 11) is 1.64. The molecule has 0 spiro atoms. The maximum atomic E-state index is 13.9.